The predicted molar refractivity (Wildman–Crippen MR) is 95.8 cm³/mol. The van der Waals surface area contributed by atoms with Crippen molar-refractivity contribution in [3.05, 3.63) is 60.4 Å². The molecule has 2 aromatic rings. The molecule has 0 aliphatic heterocycles. The normalized spacial score (nSPS) is 11.9. The lowest BCUT2D eigenvalue weighted by Crippen LogP contribution is -2.38. The highest BCUT2D eigenvalue weighted by Crippen LogP contribution is 2.09. The van der Waals surface area contributed by atoms with E-state index in [2.05, 4.69) is 38.7 Å². The van der Waals surface area contributed by atoms with Crippen LogP contribution in [0.15, 0.2) is 59.9 Å². The van der Waals surface area contributed by atoms with Gasteiger partial charge in [0, 0.05) is 38.9 Å². The first-order chi connectivity index (χ1) is 11.2. The van der Waals surface area contributed by atoms with Crippen molar-refractivity contribution >= 4 is 5.96 Å². The second-order valence-electron chi connectivity index (χ2n) is 5.32. The number of hydrogen-bond acceptors (Lipinski definition) is 2. The van der Waals surface area contributed by atoms with E-state index in [0.29, 0.717) is 0 Å². The summed E-state index contributed by atoms with van der Waals surface area (Å²) >= 11 is 0. The van der Waals surface area contributed by atoms with Crippen LogP contribution in [0.1, 0.15) is 18.9 Å². The molecule has 0 bridgehead atoms. The molecule has 0 aliphatic rings. The predicted octanol–water partition coefficient (Wildman–Crippen LogP) is 2.85. The second-order valence-corrected chi connectivity index (χ2v) is 5.32. The summed E-state index contributed by atoms with van der Waals surface area (Å²) in [4.78, 5) is 6.43. The Kier molecular flexibility index (Phi) is 6.41. The van der Waals surface area contributed by atoms with Crippen LogP contribution in [0, 0.1) is 0 Å². The van der Waals surface area contributed by atoms with E-state index >= 15 is 0 Å². The molecule has 0 radical (unpaired) electrons. The van der Waals surface area contributed by atoms with Gasteiger partial charge in [-0.25, -0.2) is 4.68 Å². The number of aliphatic imine (C=N–C) groups is 1. The van der Waals surface area contributed by atoms with E-state index in [1.807, 2.05) is 62.2 Å². The lowest BCUT2D eigenvalue weighted by molar-refractivity contribution is 0.477. The highest BCUT2D eigenvalue weighted by Gasteiger charge is 2.08. The standard InChI is InChI=1S/C18H25N5/c1-4-5-9-12-20-18(19-2)22(3)14-16-13-21-23(15-16)17-10-7-6-8-11-17/h4-8,10-11,13,15H,9,12,14H2,1-3H3,(H,19,20)/b5-4+. The minimum Gasteiger partial charge on any atom is -0.356 e. The van der Waals surface area contributed by atoms with Gasteiger partial charge in [-0.15, -0.1) is 0 Å². The molecule has 0 saturated carbocycles. The van der Waals surface area contributed by atoms with Crippen LogP contribution in [-0.4, -0.2) is 41.3 Å². The molecular weight excluding hydrogens is 286 g/mol. The monoisotopic (exact) mass is 311 g/mol. The van der Waals surface area contributed by atoms with Crippen molar-refractivity contribution in [1.29, 1.82) is 0 Å². The molecule has 1 aromatic carbocycles. The maximum absolute atomic E-state index is 4.43. The fourth-order valence-corrected chi connectivity index (χ4v) is 2.33. The van der Waals surface area contributed by atoms with Gasteiger partial charge in [-0.1, -0.05) is 30.4 Å². The molecule has 2 rings (SSSR count). The van der Waals surface area contributed by atoms with Crippen molar-refractivity contribution in [1.82, 2.24) is 20.0 Å². The number of hydrogen-bond donors (Lipinski definition) is 1. The Balaban J connectivity index is 1.94. The van der Waals surface area contributed by atoms with Crippen LogP contribution in [0.2, 0.25) is 0 Å². The SMILES string of the molecule is C/C=C/CCNC(=NC)N(C)Cc1cnn(-c2ccccc2)c1. The molecule has 23 heavy (non-hydrogen) atoms. The van der Waals surface area contributed by atoms with Crippen molar-refractivity contribution in [3.63, 3.8) is 0 Å². The van der Waals surface area contributed by atoms with E-state index in [0.717, 1.165) is 36.7 Å². The first-order valence-corrected chi connectivity index (χ1v) is 7.86. The van der Waals surface area contributed by atoms with Crippen molar-refractivity contribution in [3.8, 4) is 5.69 Å². The van der Waals surface area contributed by atoms with Crippen molar-refractivity contribution < 1.29 is 0 Å². The van der Waals surface area contributed by atoms with Crippen molar-refractivity contribution in [2.24, 2.45) is 4.99 Å². The van der Waals surface area contributed by atoms with E-state index < -0.39 is 0 Å². The Morgan fingerprint density at radius 1 is 1.35 bits per heavy atom. The Morgan fingerprint density at radius 3 is 2.83 bits per heavy atom. The first kappa shape index (κ1) is 16.8. The molecule has 0 fully saturated rings. The minimum atomic E-state index is 0.760. The van der Waals surface area contributed by atoms with Crippen LogP contribution in [0.25, 0.3) is 5.69 Å². The summed E-state index contributed by atoms with van der Waals surface area (Å²) in [7, 11) is 3.84. The van der Waals surface area contributed by atoms with Crippen LogP contribution < -0.4 is 5.32 Å². The molecule has 1 aromatic heterocycles. The minimum absolute atomic E-state index is 0.760. The molecule has 1 heterocycles. The van der Waals surface area contributed by atoms with Gasteiger partial charge in [0.15, 0.2) is 5.96 Å². The highest BCUT2D eigenvalue weighted by atomic mass is 15.3. The van der Waals surface area contributed by atoms with Crippen molar-refractivity contribution in [2.45, 2.75) is 19.9 Å². The molecule has 0 atom stereocenters. The average Bonchev–Trinajstić information content (AvgIpc) is 3.04. The molecule has 122 valence electrons. The van der Waals surface area contributed by atoms with Gasteiger partial charge < -0.3 is 10.2 Å². The fourth-order valence-electron chi connectivity index (χ4n) is 2.33. The van der Waals surface area contributed by atoms with Gasteiger partial charge in [0.1, 0.15) is 0 Å². The summed E-state index contributed by atoms with van der Waals surface area (Å²) in [6.45, 7) is 3.67. The maximum atomic E-state index is 4.43. The zero-order valence-electron chi connectivity index (χ0n) is 14.1. The quantitative estimate of drug-likeness (QED) is 0.386. The molecule has 0 spiro atoms. The van der Waals surface area contributed by atoms with Gasteiger partial charge in [-0.3, -0.25) is 4.99 Å². The number of para-hydroxylation sites is 1. The van der Waals surface area contributed by atoms with Crippen molar-refractivity contribution in [2.75, 3.05) is 20.6 Å². The highest BCUT2D eigenvalue weighted by molar-refractivity contribution is 5.79. The van der Waals surface area contributed by atoms with Gasteiger partial charge in [0.05, 0.1) is 11.9 Å². The van der Waals surface area contributed by atoms with Gasteiger partial charge >= 0.3 is 0 Å². The molecule has 0 saturated heterocycles. The summed E-state index contributed by atoms with van der Waals surface area (Å²) in [5.74, 6) is 0.891. The third kappa shape index (κ3) is 4.98. The van der Waals surface area contributed by atoms with E-state index in [-0.39, 0.29) is 0 Å². The Labute approximate surface area is 138 Å². The van der Waals surface area contributed by atoms with Gasteiger partial charge in [-0.2, -0.15) is 5.10 Å². The Hall–Kier alpha value is -2.56. The number of guanidine groups is 1. The average molecular weight is 311 g/mol. The first-order valence-electron chi connectivity index (χ1n) is 7.86. The van der Waals surface area contributed by atoms with Crippen LogP contribution in [0.3, 0.4) is 0 Å². The number of rotatable bonds is 6. The molecule has 5 heteroatoms. The lowest BCUT2D eigenvalue weighted by atomic mass is 10.3. The number of benzene rings is 1. The number of nitrogens with one attached hydrogen (secondary N) is 1. The summed E-state index contributed by atoms with van der Waals surface area (Å²) in [6.07, 6.45) is 9.15. The number of aromatic nitrogens is 2. The fraction of sp³-hybridized carbons (Fsp3) is 0.333. The lowest BCUT2D eigenvalue weighted by Gasteiger charge is -2.21. The largest absolute Gasteiger partial charge is 0.356 e. The topological polar surface area (TPSA) is 45.5 Å². The van der Waals surface area contributed by atoms with E-state index in [4.69, 9.17) is 0 Å². The Bertz CT molecular complexity index is 642. The zero-order valence-corrected chi connectivity index (χ0v) is 14.1. The summed E-state index contributed by atoms with van der Waals surface area (Å²) in [5, 5.41) is 7.79. The second kappa shape index (κ2) is 8.78. The van der Waals surface area contributed by atoms with Crippen LogP contribution >= 0.6 is 0 Å². The van der Waals surface area contributed by atoms with Gasteiger partial charge in [0.2, 0.25) is 0 Å². The van der Waals surface area contributed by atoms with Crippen LogP contribution in [0.5, 0.6) is 0 Å². The van der Waals surface area contributed by atoms with Crippen LogP contribution in [0.4, 0.5) is 0 Å². The molecule has 0 unspecified atom stereocenters. The number of allylic oxidation sites excluding steroid dienone is 1. The molecule has 0 amide bonds. The zero-order chi connectivity index (χ0) is 16.5. The van der Waals surface area contributed by atoms with E-state index in [1.54, 1.807) is 0 Å². The van der Waals surface area contributed by atoms with E-state index in [9.17, 15) is 0 Å². The summed E-state index contributed by atoms with van der Waals surface area (Å²) < 4.78 is 1.89. The Morgan fingerprint density at radius 2 is 2.13 bits per heavy atom. The summed E-state index contributed by atoms with van der Waals surface area (Å²) in [5.41, 5.74) is 2.21. The van der Waals surface area contributed by atoms with Gasteiger partial charge in [0.25, 0.3) is 0 Å². The molecule has 5 nitrogen and oxygen atoms in total. The third-order valence-electron chi connectivity index (χ3n) is 3.48. The van der Waals surface area contributed by atoms with Crippen LogP contribution in [-0.2, 0) is 6.54 Å². The molecule has 0 aliphatic carbocycles. The smallest absolute Gasteiger partial charge is 0.193 e. The molecular formula is C18H25N5. The molecule has 1 N–H and O–H groups in total. The summed E-state index contributed by atoms with van der Waals surface area (Å²) in [6, 6.07) is 10.1. The maximum Gasteiger partial charge on any atom is 0.193 e. The third-order valence-corrected chi connectivity index (χ3v) is 3.48. The van der Waals surface area contributed by atoms with E-state index in [1.165, 1.54) is 0 Å². The number of nitrogens with zero attached hydrogens (tertiary/aromatic N) is 4. The van der Waals surface area contributed by atoms with Gasteiger partial charge in [-0.05, 0) is 25.5 Å².